The van der Waals surface area contributed by atoms with Crippen molar-refractivity contribution in [1.82, 2.24) is 4.90 Å². The molecule has 0 unspecified atom stereocenters. The van der Waals surface area contributed by atoms with Gasteiger partial charge in [0.15, 0.2) is 5.78 Å². The first-order valence-electron chi connectivity index (χ1n) is 7.53. The van der Waals surface area contributed by atoms with Crippen molar-refractivity contribution in [3.05, 3.63) is 50.5 Å². The lowest BCUT2D eigenvalue weighted by molar-refractivity contribution is -0.385. The first-order chi connectivity index (χ1) is 11.1. The van der Waals surface area contributed by atoms with Crippen LogP contribution in [0.2, 0.25) is 0 Å². The number of benzene rings is 1. The van der Waals surface area contributed by atoms with Gasteiger partial charge in [0.2, 0.25) is 5.91 Å². The SMILES string of the molecule is Cc1c(CN2C(=O)CS/C2=C/C(=O)C(C)(C)C)cccc1[N+](=O)[O-]. The number of hydrogen-bond donors (Lipinski definition) is 0. The molecular weight excluding hydrogens is 328 g/mol. The molecule has 0 radical (unpaired) electrons. The zero-order valence-corrected chi connectivity index (χ0v) is 15.0. The van der Waals surface area contributed by atoms with Crippen molar-refractivity contribution in [2.24, 2.45) is 5.41 Å². The van der Waals surface area contributed by atoms with Crippen molar-refractivity contribution in [3.8, 4) is 0 Å². The summed E-state index contributed by atoms with van der Waals surface area (Å²) in [7, 11) is 0. The highest BCUT2D eigenvalue weighted by atomic mass is 32.2. The molecule has 1 aromatic carbocycles. The van der Waals surface area contributed by atoms with Gasteiger partial charge in [-0.05, 0) is 12.5 Å². The van der Waals surface area contributed by atoms with Crippen LogP contribution in [0, 0.1) is 22.5 Å². The molecule has 1 aromatic rings. The molecule has 0 spiro atoms. The zero-order valence-electron chi connectivity index (χ0n) is 14.2. The van der Waals surface area contributed by atoms with E-state index in [4.69, 9.17) is 0 Å². The van der Waals surface area contributed by atoms with E-state index in [1.165, 1.54) is 28.8 Å². The minimum Gasteiger partial charge on any atom is -0.301 e. The van der Waals surface area contributed by atoms with Crippen LogP contribution in [0.5, 0.6) is 0 Å². The predicted molar refractivity (Wildman–Crippen MR) is 93.4 cm³/mol. The van der Waals surface area contributed by atoms with Gasteiger partial charge < -0.3 is 4.90 Å². The largest absolute Gasteiger partial charge is 0.301 e. The van der Waals surface area contributed by atoms with Crippen LogP contribution in [-0.2, 0) is 16.1 Å². The summed E-state index contributed by atoms with van der Waals surface area (Å²) in [5.41, 5.74) is 0.748. The number of allylic oxidation sites excluding steroid dienone is 1. The van der Waals surface area contributed by atoms with Gasteiger partial charge in [-0.2, -0.15) is 0 Å². The number of nitro groups is 1. The van der Waals surface area contributed by atoms with Crippen LogP contribution in [0.15, 0.2) is 29.3 Å². The zero-order chi connectivity index (χ0) is 18.1. The normalized spacial score (nSPS) is 16.8. The molecule has 7 heteroatoms. The van der Waals surface area contributed by atoms with Gasteiger partial charge in [-0.1, -0.05) is 44.7 Å². The quantitative estimate of drug-likeness (QED) is 0.473. The number of carbonyl (C=O) groups is 2. The van der Waals surface area contributed by atoms with Crippen LogP contribution in [0.4, 0.5) is 5.69 Å². The third kappa shape index (κ3) is 3.84. The summed E-state index contributed by atoms with van der Waals surface area (Å²) in [5.74, 6) is 0.122. The number of rotatable bonds is 4. The monoisotopic (exact) mass is 348 g/mol. The van der Waals surface area contributed by atoms with E-state index >= 15 is 0 Å². The lowest BCUT2D eigenvalue weighted by Gasteiger charge is -2.20. The highest BCUT2D eigenvalue weighted by molar-refractivity contribution is 8.04. The Kier molecular flexibility index (Phi) is 5.13. The second-order valence-corrected chi connectivity index (χ2v) is 7.68. The van der Waals surface area contributed by atoms with Crippen molar-refractivity contribution < 1.29 is 14.5 Å². The first kappa shape index (κ1) is 18.2. The van der Waals surface area contributed by atoms with Gasteiger partial charge in [-0.15, -0.1) is 0 Å². The Balaban J connectivity index is 2.32. The molecular formula is C17H20N2O4S. The molecule has 0 saturated carbocycles. The molecule has 1 amide bonds. The molecule has 0 atom stereocenters. The van der Waals surface area contributed by atoms with Crippen LogP contribution in [-0.4, -0.2) is 27.3 Å². The Morgan fingerprint density at radius 2 is 2.08 bits per heavy atom. The summed E-state index contributed by atoms with van der Waals surface area (Å²) in [5, 5.41) is 11.7. The van der Waals surface area contributed by atoms with E-state index in [9.17, 15) is 19.7 Å². The Morgan fingerprint density at radius 3 is 2.67 bits per heavy atom. The summed E-state index contributed by atoms with van der Waals surface area (Å²) < 4.78 is 0. The molecule has 1 saturated heterocycles. The third-order valence-corrected chi connectivity index (χ3v) is 4.87. The second kappa shape index (κ2) is 6.76. The number of hydrogen-bond acceptors (Lipinski definition) is 5. The van der Waals surface area contributed by atoms with Crippen LogP contribution in [0.3, 0.4) is 0 Å². The van der Waals surface area contributed by atoms with E-state index in [0.717, 1.165) is 0 Å². The van der Waals surface area contributed by atoms with Crippen LogP contribution in [0.1, 0.15) is 31.9 Å². The van der Waals surface area contributed by atoms with Gasteiger partial charge in [0.1, 0.15) is 0 Å². The fourth-order valence-corrected chi connectivity index (χ4v) is 3.18. The van der Waals surface area contributed by atoms with Gasteiger partial charge in [0.05, 0.1) is 22.2 Å². The molecule has 0 aliphatic carbocycles. The van der Waals surface area contributed by atoms with Crippen molar-refractivity contribution in [2.75, 3.05) is 5.75 Å². The topological polar surface area (TPSA) is 80.5 Å². The van der Waals surface area contributed by atoms with E-state index < -0.39 is 10.3 Å². The Hall–Kier alpha value is -2.15. The first-order valence-corrected chi connectivity index (χ1v) is 8.52. The molecule has 1 aliphatic heterocycles. The van der Waals surface area contributed by atoms with Crippen molar-refractivity contribution in [3.63, 3.8) is 0 Å². The standard InChI is InChI=1S/C17H20N2O4S/c1-11-12(6-5-7-13(11)19(22)23)9-18-15(21)10-24-16(18)8-14(20)17(2,3)4/h5-8H,9-10H2,1-4H3/b16-8+. The molecule has 0 aromatic heterocycles. The lowest BCUT2D eigenvalue weighted by Crippen LogP contribution is -2.26. The summed E-state index contributed by atoms with van der Waals surface area (Å²) >= 11 is 1.32. The number of ketones is 1. The maximum absolute atomic E-state index is 12.2. The average Bonchev–Trinajstić information content (AvgIpc) is 2.81. The maximum atomic E-state index is 12.2. The molecule has 1 heterocycles. The highest BCUT2D eigenvalue weighted by Gasteiger charge is 2.30. The third-order valence-electron chi connectivity index (χ3n) is 3.85. The average molecular weight is 348 g/mol. The van der Waals surface area contributed by atoms with E-state index in [2.05, 4.69) is 0 Å². The summed E-state index contributed by atoms with van der Waals surface area (Å²) in [6.45, 7) is 7.36. The van der Waals surface area contributed by atoms with E-state index in [1.807, 2.05) is 20.8 Å². The maximum Gasteiger partial charge on any atom is 0.272 e. The Morgan fingerprint density at radius 1 is 1.42 bits per heavy atom. The van der Waals surface area contributed by atoms with Gasteiger partial charge in [0.25, 0.3) is 5.69 Å². The second-order valence-electron chi connectivity index (χ2n) is 6.68. The van der Waals surface area contributed by atoms with E-state index in [0.29, 0.717) is 16.2 Å². The van der Waals surface area contributed by atoms with Crippen LogP contribution < -0.4 is 0 Å². The van der Waals surface area contributed by atoms with Gasteiger partial charge in [0, 0.05) is 23.1 Å². The predicted octanol–water partition coefficient (Wildman–Crippen LogP) is 3.44. The Labute approximate surface area is 145 Å². The number of thioether (sulfide) groups is 1. The van der Waals surface area contributed by atoms with Crippen LogP contribution in [0.25, 0.3) is 0 Å². The molecule has 2 rings (SSSR count). The van der Waals surface area contributed by atoms with Crippen LogP contribution >= 0.6 is 11.8 Å². The summed E-state index contributed by atoms with van der Waals surface area (Å²) in [4.78, 5) is 36.5. The minimum atomic E-state index is -0.522. The molecule has 128 valence electrons. The Bertz CT molecular complexity index is 735. The lowest BCUT2D eigenvalue weighted by atomic mass is 9.91. The molecule has 0 N–H and O–H groups in total. The summed E-state index contributed by atoms with van der Waals surface area (Å²) in [6, 6.07) is 4.82. The summed E-state index contributed by atoms with van der Waals surface area (Å²) in [6.07, 6.45) is 1.50. The number of nitrogens with zero attached hydrogens (tertiary/aromatic N) is 2. The molecule has 1 aliphatic rings. The van der Waals surface area contributed by atoms with Gasteiger partial charge in [-0.3, -0.25) is 19.7 Å². The fraction of sp³-hybridized carbons (Fsp3) is 0.412. The van der Waals surface area contributed by atoms with E-state index in [-0.39, 0.29) is 29.7 Å². The number of amides is 1. The van der Waals surface area contributed by atoms with Crippen molar-refractivity contribution in [2.45, 2.75) is 34.2 Å². The number of carbonyl (C=O) groups excluding carboxylic acids is 2. The van der Waals surface area contributed by atoms with Gasteiger partial charge >= 0.3 is 0 Å². The smallest absolute Gasteiger partial charge is 0.272 e. The minimum absolute atomic E-state index is 0.0306. The molecule has 1 fully saturated rings. The van der Waals surface area contributed by atoms with Crippen molar-refractivity contribution in [1.29, 1.82) is 0 Å². The van der Waals surface area contributed by atoms with Crippen molar-refractivity contribution >= 4 is 29.1 Å². The molecule has 0 bridgehead atoms. The molecule has 6 nitrogen and oxygen atoms in total. The fourth-order valence-electron chi connectivity index (χ4n) is 2.24. The van der Waals surface area contributed by atoms with Gasteiger partial charge in [-0.25, -0.2) is 0 Å². The number of nitro benzene ring substituents is 1. The highest BCUT2D eigenvalue weighted by Crippen LogP contribution is 2.33. The molecule has 24 heavy (non-hydrogen) atoms. The van der Waals surface area contributed by atoms with E-state index in [1.54, 1.807) is 19.1 Å².